The Morgan fingerprint density at radius 1 is 1.62 bits per heavy atom. The van der Waals surface area contributed by atoms with Crippen molar-refractivity contribution in [2.24, 2.45) is 5.92 Å². The molecule has 5 nitrogen and oxygen atoms in total. The van der Waals surface area contributed by atoms with Gasteiger partial charge in [-0.25, -0.2) is 0 Å². The summed E-state index contributed by atoms with van der Waals surface area (Å²) in [6.07, 6.45) is 0.466. The summed E-state index contributed by atoms with van der Waals surface area (Å²) >= 11 is 0. The summed E-state index contributed by atoms with van der Waals surface area (Å²) < 4.78 is 4.69. The van der Waals surface area contributed by atoms with E-state index in [0.29, 0.717) is 18.2 Å². The molecule has 0 atom stereocenters. The highest BCUT2D eigenvalue weighted by Gasteiger charge is 2.08. The first-order chi connectivity index (χ1) is 6.08. The van der Waals surface area contributed by atoms with Crippen molar-refractivity contribution >= 4 is 11.9 Å². The summed E-state index contributed by atoms with van der Waals surface area (Å²) in [6.45, 7) is 5.62. The van der Waals surface area contributed by atoms with Crippen LogP contribution in [0.2, 0.25) is 0 Å². The van der Waals surface area contributed by atoms with Crippen molar-refractivity contribution in [3.8, 4) is 0 Å². The minimum absolute atomic E-state index is 0.0872. The summed E-state index contributed by atoms with van der Waals surface area (Å²) in [4.78, 5) is 15.0. The minimum atomic E-state index is -0.0872. The number of rotatable bonds is 3. The van der Waals surface area contributed by atoms with E-state index in [1.165, 1.54) is 0 Å². The number of aryl methyl sites for hydroxylation is 1. The number of aromatic nitrogens is 2. The fraction of sp³-hybridized carbons (Fsp3) is 0.625. The molecule has 0 saturated heterocycles. The Morgan fingerprint density at radius 3 is 2.77 bits per heavy atom. The quantitative estimate of drug-likeness (QED) is 0.768. The number of nitrogens with zero attached hydrogens (tertiary/aromatic N) is 2. The molecular weight excluding hydrogens is 170 g/mol. The van der Waals surface area contributed by atoms with E-state index in [2.05, 4.69) is 15.5 Å². The van der Waals surface area contributed by atoms with Crippen molar-refractivity contribution in [2.45, 2.75) is 27.2 Å². The number of nitrogens with one attached hydrogen (secondary N) is 1. The van der Waals surface area contributed by atoms with Crippen molar-refractivity contribution < 1.29 is 9.32 Å². The van der Waals surface area contributed by atoms with Crippen LogP contribution >= 0.6 is 0 Å². The van der Waals surface area contributed by atoms with Crippen LogP contribution in [0.3, 0.4) is 0 Å². The first-order valence-corrected chi connectivity index (χ1v) is 4.18. The first-order valence-electron chi connectivity index (χ1n) is 4.18. The van der Waals surface area contributed by atoms with Crippen molar-refractivity contribution in [3.05, 3.63) is 5.89 Å². The van der Waals surface area contributed by atoms with Gasteiger partial charge >= 0.3 is 0 Å². The first kappa shape index (κ1) is 9.70. The van der Waals surface area contributed by atoms with Crippen LogP contribution in [0, 0.1) is 12.8 Å². The molecule has 0 bridgehead atoms. The summed E-state index contributed by atoms with van der Waals surface area (Å²) in [5, 5.41) is 6.08. The molecule has 1 amide bonds. The van der Waals surface area contributed by atoms with E-state index >= 15 is 0 Å². The number of carbonyl (C=O) groups excluding carboxylic acids is 1. The van der Waals surface area contributed by atoms with Crippen molar-refractivity contribution in [1.82, 2.24) is 10.1 Å². The Balaban J connectivity index is 2.45. The van der Waals surface area contributed by atoms with Crippen molar-refractivity contribution in [3.63, 3.8) is 0 Å². The van der Waals surface area contributed by atoms with Gasteiger partial charge in [-0.05, 0) is 11.1 Å². The van der Waals surface area contributed by atoms with E-state index in [0.717, 1.165) is 0 Å². The van der Waals surface area contributed by atoms with Gasteiger partial charge in [-0.3, -0.25) is 10.1 Å². The molecule has 1 aromatic heterocycles. The SMILES string of the molecule is Cc1nc(NC(=O)CC(C)C)no1. The zero-order chi connectivity index (χ0) is 9.84. The number of carbonyl (C=O) groups is 1. The monoisotopic (exact) mass is 183 g/mol. The topological polar surface area (TPSA) is 68.0 Å². The van der Waals surface area contributed by atoms with E-state index < -0.39 is 0 Å². The van der Waals surface area contributed by atoms with E-state index in [1.54, 1.807) is 6.92 Å². The van der Waals surface area contributed by atoms with Gasteiger partial charge in [0.05, 0.1) is 0 Å². The fourth-order valence-corrected chi connectivity index (χ4v) is 0.897. The molecule has 1 rings (SSSR count). The highest BCUT2D eigenvalue weighted by molar-refractivity contribution is 5.88. The maximum Gasteiger partial charge on any atom is 0.270 e. The van der Waals surface area contributed by atoms with Gasteiger partial charge in [0.1, 0.15) is 0 Å². The summed E-state index contributed by atoms with van der Waals surface area (Å²) in [5.41, 5.74) is 0. The maximum atomic E-state index is 11.2. The number of hydrogen-bond donors (Lipinski definition) is 1. The van der Waals surface area contributed by atoms with Crippen LogP contribution < -0.4 is 5.32 Å². The van der Waals surface area contributed by atoms with Gasteiger partial charge in [-0.15, -0.1) is 0 Å². The molecule has 0 spiro atoms. The lowest BCUT2D eigenvalue weighted by atomic mass is 10.1. The molecule has 0 aromatic carbocycles. The van der Waals surface area contributed by atoms with Crippen LogP contribution in [0.25, 0.3) is 0 Å². The molecule has 1 heterocycles. The zero-order valence-electron chi connectivity index (χ0n) is 8.00. The molecule has 1 aromatic rings. The Kier molecular flexibility index (Phi) is 3.00. The second kappa shape index (κ2) is 4.02. The zero-order valence-corrected chi connectivity index (χ0v) is 8.00. The van der Waals surface area contributed by atoms with Gasteiger partial charge < -0.3 is 4.52 Å². The molecule has 72 valence electrons. The van der Waals surface area contributed by atoms with Crippen LogP contribution in [0.15, 0.2) is 4.52 Å². The molecule has 0 aliphatic carbocycles. The number of amides is 1. The van der Waals surface area contributed by atoms with Crippen LogP contribution in [0.5, 0.6) is 0 Å². The van der Waals surface area contributed by atoms with Gasteiger partial charge in [0, 0.05) is 13.3 Å². The van der Waals surface area contributed by atoms with Gasteiger partial charge in [-0.1, -0.05) is 13.8 Å². The molecule has 0 aliphatic heterocycles. The average molecular weight is 183 g/mol. The Morgan fingerprint density at radius 2 is 2.31 bits per heavy atom. The fourth-order valence-electron chi connectivity index (χ4n) is 0.897. The van der Waals surface area contributed by atoms with E-state index in [4.69, 9.17) is 4.52 Å². The Bertz CT molecular complexity index is 293. The molecule has 0 unspecified atom stereocenters. The van der Waals surface area contributed by atoms with Crippen LogP contribution in [-0.2, 0) is 4.79 Å². The van der Waals surface area contributed by atoms with E-state index in [9.17, 15) is 4.79 Å². The summed E-state index contributed by atoms with van der Waals surface area (Å²) in [5.74, 6) is 0.923. The maximum absolute atomic E-state index is 11.2. The van der Waals surface area contributed by atoms with Crippen molar-refractivity contribution in [1.29, 1.82) is 0 Å². The lowest BCUT2D eigenvalue weighted by Gasteiger charge is -2.02. The lowest BCUT2D eigenvalue weighted by Crippen LogP contribution is -2.14. The molecule has 13 heavy (non-hydrogen) atoms. The largest absolute Gasteiger partial charge is 0.338 e. The Labute approximate surface area is 76.5 Å². The van der Waals surface area contributed by atoms with Gasteiger partial charge in [0.2, 0.25) is 11.8 Å². The molecular formula is C8H13N3O2. The van der Waals surface area contributed by atoms with E-state index in [1.807, 2.05) is 13.8 Å². The third kappa shape index (κ3) is 3.23. The molecule has 0 aliphatic rings. The van der Waals surface area contributed by atoms with Crippen molar-refractivity contribution in [2.75, 3.05) is 5.32 Å². The molecule has 5 heteroatoms. The smallest absolute Gasteiger partial charge is 0.270 e. The number of hydrogen-bond acceptors (Lipinski definition) is 4. The predicted molar refractivity (Wildman–Crippen MR) is 47.1 cm³/mol. The van der Waals surface area contributed by atoms with E-state index in [-0.39, 0.29) is 11.9 Å². The normalized spacial score (nSPS) is 10.5. The number of anilines is 1. The third-order valence-electron chi connectivity index (χ3n) is 1.37. The predicted octanol–water partition coefficient (Wildman–Crippen LogP) is 1.36. The van der Waals surface area contributed by atoms with Crippen LogP contribution in [0.1, 0.15) is 26.2 Å². The summed E-state index contributed by atoms with van der Waals surface area (Å²) in [7, 11) is 0. The second-order valence-electron chi connectivity index (χ2n) is 3.28. The van der Waals surface area contributed by atoms with Crippen LogP contribution in [-0.4, -0.2) is 16.0 Å². The molecule has 1 N–H and O–H groups in total. The Hall–Kier alpha value is -1.39. The van der Waals surface area contributed by atoms with Crippen LogP contribution in [0.4, 0.5) is 5.95 Å². The standard InChI is InChI=1S/C8H13N3O2/c1-5(2)4-7(12)10-8-9-6(3)13-11-8/h5H,4H2,1-3H3,(H,10,11,12). The minimum Gasteiger partial charge on any atom is -0.338 e. The highest BCUT2D eigenvalue weighted by atomic mass is 16.5. The third-order valence-corrected chi connectivity index (χ3v) is 1.37. The highest BCUT2D eigenvalue weighted by Crippen LogP contribution is 2.04. The molecule has 0 fully saturated rings. The molecule has 0 saturated carbocycles. The van der Waals surface area contributed by atoms with Gasteiger partial charge in [0.25, 0.3) is 5.95 Å². The van der Waals surface area contributed by atoms with Gasteiger partial charge in [-0.2, -0.15) is 4.98 Å². The van der Waals surface area contributed by atoms with Gasteiger partial charge in [0.15, 0.2) is 0 Å². The molecule has 0 radical (unpaired) electrons. The summed E-state index contributed by atoms with van der Waals surface area (Å²) in [6, 6.07) is 0. The second-order valence-corrected chi connectivity index (χ2v) is 3.28. The lowest BCUT2D eigenvalue weighted by molar-refractivity contribution is -0.116. The average Bonchev–Trinajstić information content (AvgIpc) is 2.33.